The van der Waals surface area contributed by atoms with Gasteiger partial charge in [0.15, 0.2) is 5.65 Å². The molecular weight excluding hydrogens is 392 g/mol. The summed E-state index contributed by atoms with van der Waals surface area (Å²) in [7, 11) is 1.64. The van der Waals surface area contributed by atoms with E-state index in [1.165, 1.54) is 4.57 Å². The molecule has 10 heteroatoms. The van der Waals surface area contributed by atoms with Crippen LogP contribution < -0.4 is 11.0 Å². The van der Waals surface area contributed by atoms with E-state index in [-0.39, 0.29) is 37.4 Å². The first-order valence-corrected chi connectivity index (χ1v) is 9.85. The largest absolute Gasteiger partial charge is 0.330 e. The van der Waals surface area contributed by atoms with E-state index in [9.17, 15) is 13.6 Å². The molecule has 1 saturated carbocycles. The zero-order valence-electron chi connectivity index (χ0n) is 16.6. The Labute approximate surface area is 170 Å². The van der Waals surface area contributed by atoms with Gasteiger partial charge in [0.25, 0.3) is 0 Å². The molecule has 0 unspecified atom stereocenters. The van der Waals surface area contributed by atoms with Crippen LogP contribution in [0.5, 0.6) is 0 Å². The number of fused-ring (bicyclic) bond motifs is 2. The van der Waals surface area contributed by atoms with E-state index < -0.39 is 5.92 Å². The van der Waals surface area contributed by atoms with Crippen molar-refractivity contribution >= 4 is 28.3 Å². The van der Waals surface area contributed by atoms with Gasteiger partial charge in [-0.15, -0.1) is 0 Å². The van der Waals surface area contributed by atoms with Crippen molar-refractivity contribution in [2.75, 3.05) is 5.32 Å². The number of nitrogens with zero attached hydrogens (tertiary/aromatic N) is 6. The summed E-state index contributed by atoms with van der Waals surface area (Å²) < 4.78 is 32.0. The molecule has 0 bridgehead atoms. The van der Waals surface area contributed by atoms with Crippen molar-refractivity contribution in [3.05, 3.63) is 46.8 Å². The number of aryl methyl sites for hydroxylation is 2. The Hall–Kier alpha value is -3.30. The highest BCUT2D eigenvalue weighted by Crippen LogP contribution is 2.38. The van der Waals surface area contributed by atoms with Gasteiger partial charge in [-0.1, -0.05) is 0 Å². The number of aromatic nitrogens is 6. The molecule has 0 atom stereocenters. The molecule has 1 aliphatic carbocycles. The summed E-state index contributed by atoms with van der Waals surface area (Å²) >= 11 is 0. The molecule has 0 spiro atoms. The molecule has 1 aliphatic rings. The summed E-state index contributed by atoms with van der Waals surface area (Å²) in [6, 6.07) is 3.61. The molecular formula is C20H21F2N7O. The first-order chi connectivity index (χ1) is 14.3. The molecule has 8 nitrogen and oxygen atoms in total. The first kappa shape index (κ1) is 18.7. The fourth-order valence-electron chi connectivity index (χ4n) is 4.13. The molecule has 0 radical (unpaired) electrons. The number of halogens is 2. The van der Waals surface area contributed by atoms with Gasteiger partial charge in [0.05, 0.1) is 23.6 Å². The molecule has 0 saturated heterocycles. The van der Waals surface area contributed by atoms with Gasteiger partial charge in [-0.25, -0.2) is 23.1 Å². The van der Waals surface area contributed by atoms with Gasteiger partial charge in [0.1, 0.15) is 5.52 Å². The molecule has 156 valence electrons. The van der Waals surface area contributed by atoms with E-state index in [0.717, 1.165) is 16.8 Å². The van der Waals surface area contributed by atoms with Crippen molar-refractivity contribution in [3.63, 3.8) is 0 Å². The molecule has 4 aromatic heterocycles. The SMILES string of the molecule is Cc1cc2ccnn2cc1Nc1ncc2c(n1)n(C1CCC(F)(F)CC1)c(=O)n2C. The van der Waals surface area contributed by atoms with E-state index in [0.29, 0.717) is 17.1 Å². The topological polar surface area (TPSA) is 82.0 Å². The van der Waals surface area contributed by atoms with Crippen LogP contribution in [0.4, 0.5) is 20.4 Å². The normalized spacial score (nSPS) is 17.1. The van der Waals surface area contributed by atoms with Crippen LogP contribution in [0.25, 0.3) is 16.7 Å². The highest BCUT2D eigenvalue weighted by atomic mass is 19.3. The Morgan fingerprint density at radius 2 is 2.03 bits per heavy atom. The van der Waals surface area contributed by atoms with Crippen LogP contribution >= 0.6 is 0 Å². The van der Waals surface area contributed by atoms with Crippen molar-refractivity contribution in [1.29, 1.82) is 0 Å². The molecule has 30 heavy (non-hydrogen) atoms. The van der Waals surface area contributed by atoms with Crippen LogP contribution in [-0.4, -0.2) is 34.6 Å². The number of nitrogens with one attached hydrogen (secondary N) is 1. The zero-order valence-corrected chi connectivity index (χ0v) is 16.6. The number of alkyl halides is 2. The van der Waals surface area contributed by atoms with E-state index in [2.05, 4.69) is 20.4 Å². The standard InChI is InChI=1S/C20H21F2N7O/c1-12-9-14-5-8-24-28(14)11-15(12)25-18-23-10-16-17(26-18)29(19(30)27(16)2)13-3-6-20(21,22)7-4-13/h5,8-11,13H,3-4,6-7H2,1-2H3,(H,23,25,26). The minimum absolute atomic E-state index is 0.222. The number of pyridine rings is 1. The fourth-order valence-corrected chi connectivity index (χ4v) is 4.13. The summed E-state index contributed by atoms with van der Waals surface area (Å²) in [6.07, 6.45) is 5.19. The second kappa shape index (κ2) is 6.61. The van der Waals surface area contributed by atoms with E-state index >= 15 is 0 Å². The maximum absolute atomic E-state index is 13.6. The Balaban J connectivity index is 1.54. The van der Waals surface area contributed by atoms with Crippen molar-refractivity contribution in [3.8, 4) is 0 Å². The smallest absolute Gasteiger partial charge is 0.323 e. The van der Waals surface area contributed by atoms with Crippen LogP contribution in [0.1, 0.15) is 37.3 Å². The van der Waals surface area contributed by atoms with Crippen molar-refractivity contribution < 1.29 is 8.78 Å². The van der Waals surface area contributed by atoms with Gasteiger partial charge in [0.2, 0.25) is 11.9 Å². The lowest BCUT2D eigenvalue weighted by atomic mass is 9.92. The van der Waals surface area contributed by atoms with Crippen LogP contribution in [0.2, 0.25) is 0 Å². The molecule has 0 aromatic carbocycles. The zero-order chi connectivity index (χ0) is 21.0. The molecule has 1 N–H and O–H groups in total. The van der Waals surface area contributed by atoms with Crippen LogP contribution in [0.3, 0.4) is 0 Å². The summed E-state index contributed by atoms with van der Waals surface area (Å²) in [6.45, 7) is 1.97. The first-order valence-electron chi connectivity index (χ1n) is 9.85. The van der Waals surface area contributed by atoms with Gasteiger partial charge in [-0.2, -0.15) is 10.1 Å². The second-order valence-electron chi connectivity index (χ2n) is 7.90. The maximum Gasteiger partial charge on any atom is 0.330 e. The van der Waals surface area contributed by atoms with Gasteiger partial charge in [0, 0.05) is 32.1 Å². The van der Waals surface area contributed by atoms with E-state index in [1.54, 1.807) is 28.5 Å². The van der Waals surface area contributed by atoms with Crippen molar-refractivity contribution in [2.45, 2.75) is 44.6 Å². The number of imidazole rings is 1. The second-order valence-corrected chi connectivity index (χ2v) is 7.90. The lowest BCUT2D eigenvalue weighted by Crippen LogP contribution is -2.32. The Kier molecular flexibility index (Phi) is 4.12. The van der Waals surface area contributed by atoms with E-state index in [1.807, 2.05) is 25.3 Å². The Morgan fingerprint density at radius 3 is 2.80 bits per heavy atom. The highest BCUT2D eigenvalue weighted by molar-refractivity contribution is 5.73. The quantitative estimate of drug-likeness (QED) is 0.555. The van der Waals surface area contributed by atoms with Gasteiger partial charge in [-0.3, -0.25) is 9.13 Å². The predicted molar refractivity (Wildman–Crippen MR) is 108 cm³/mol. The van der Waals surface area contributed by atoms with Crippen LogP contribution in [0.15, 0.2) is 35.5 Å². The average molecular weight is 413 g/mol. The van der Waals surface area contributed by atoms with Crippen molar-refractivity contribution in [2.24, 2.45) is 7.05 Å². The molecule has 1 fully saturated rings. The number of hydrogen-bond donors (Lipinski definition) is 1. The molecule has 0 amide bonds. The Morgan fingerprint density at radius 1 is 1.27 bits per heavy atom. The van der Waals surface area contributed by atoms with Crippen molar-refractivity contribution in [1.82, 2.24) is 28.7 Å². The summed E-state index contributed by atoms with van der Waals surface area (Å²) in [5.41, 5.74) is 3.51. The van der Waals surface area contributed by atoms with Gasteiger partial charge >= 0.3 is 5.69 Å². The third-order valence-corrected chi connectivity index (χ3v) is 5.87. The summed E-state index contributed by atoms with van der Waals surface area (Å²) in [4.78, 5) is 21.8. The molecule has 4 aromatic rings. The van der Waals surface area contributed by atoms with E-state index in [4.69, 9.17) is 0 Å². The molecule has 5 rings (SSSR count). The Bertz CT molecular complexity index is 1310. The molecule has 4 heterocycles. The third kappa shape index (κ3) is 3.03. The van der Waals surface area contributed by atoms with Crippen LogP contribution in [-0.2, 0) is 7.05 Å². The third-order valence-electron chi connectivity index (χ3n) is 5.87. The lowest BCUT2D eigenvalue weighted by Gasteiger charge is -2.28. The molecule has 0 aliphatic heterocycles. The summed E-state index contributed by atoms with van der Waals surface area (Å²) in [5.74, 6) is -2.33. The minimum atomic E-state index is -2.66. The number of hydrogen-bond acceptors (Lipinski definition) is 5. The summed E-state index contributed by atoms with van der Waals surface area (Å²) in [5, 5.41) is 7.43. The number of anilines is 2. The minimum Gasteiger partial charge on any atom is -0.323 e. The van der Waals surface area contributed by atoms with Crippen LogP contribution in [0, 0.1) is 6.92 Å². The fraction of sp³-hybridized carbons (Fsp3) is 0.400. The number of rotatable bonds is 3. The maximum atomic E-state index is 13.6. The van der Waals surface area contributed by atoms with Gasteiger partial charge < -0.3 is 5.32 Å². The van der Waals surface area contributed by atoms with Gasteiger partial charge in [-0.05, 0) is 37.5 Å². The average Bonchev–Trinajstić information content (AvgIpc) is 3.25. The predicted octanol–water partition coefficient (Wildman–Crippen LogP) is 3.58. The highest BCUT2D eigenvalue weighted by Gasteiger charge is 2.37. The lowest BCUT2D eigenvalue weighted by molar-refractivity contribution is -0.0439. The monoisotopic (exact) mass is 413 g/mol.